The first-order chi connectivity index (χ1) is 6.68. The molecule has 0 aromatic carbocycles. The van der Waals surface area contributed by atoms with Crippen molar-refractivity contribution in [2.45, 2.75) is 21.2 Å². The van der Waals surface area contributed by atoms with Gasteiger partial charge in [0, 0.05) is 0 Å². The van der Waals surface area contributed by atoms with Gasteiger partial charge in [-0.05, 0) is 0 Å². The van der Waals surface area contributed by atoms with E-state index in [4.69, 9.17) is 0 Å². The molecule has 0 N–H and O–H groups in total. The quantitative estimate of drug-likeness (QED) is 0.780. The van der Waals surface area contributed by atoms with Crippen LogP contribution in [0.4, 0.5) is 13.2 Å². The van der Waals surface area contributed by atoms with Crippen LogP contribution in [0.15, 0.2) is 18.3 Å². The van der Waals surface area contributed by atoms with Crippen LogP contribution in [0.5, 0.6) is 5.75 Å². The molecule has 1 rings (SSSR count). The number of alkyl halides is 3. The van der Waals surface area contributed by atoms with Crippen LogP contribution in [0.25, 0.3) is 0 Å². The van der Waals surface area contributed by atoms with Gasteiger partial charge >= 0.3 is 90.2 Å². The summed E-state index contributed by atoms with van der Waals surface area (Å²) in [7, 11) is 0. The summed E-state index contributed by atoms with van der Waals surface area (Å²) in [4.78, 5) is 10.3. The first-order valence-electron chi connectivity index (χ1n) is 4.41. The predicted octanol–water partition coefficient (Wildman–Crippen LogP) is 2.53. The fourth-order valence-corrected chi connectivity index (χ4v) is 3.98. The monoisotopic (exact) mass is 327 g/mol. The molecule has 0 radical (unpaired) electrons. The van der Waals surface area contributed by atoms with Gasteiger partial charge in [0.05, 0.1) is 0 Å². The Labute approximate surface area is 90.3 Å². The van der Waals surface area contributed by atoms with Crippen molar-refractivity contribution in [3.05, 3.63) is 18.3 Å². The number of halogens is 3. The van der Waals surface area contributed by atoms with Crippen LogP contribution in [0, 0.1) is 0 Å². The summed E-state index contributed by atoms with van der Waals surface area (Å²) in [6.07, 6.45) is -3.27. The van der Waals surface area contributed by atoms with Crippen molar-refractivity contribution < 1.29 is 17.9 Å². The van der Waals surface area contributed by atoms with E-state index in [2.05, 4.69) is 24.5 Å². The van der Waals surface area contributed by atoms with Gasteiger partial charge in [-0.25, -0.2) is 0 Å². The third kappa shape index (κ3) is 4.27. The average Bonchev–Trinajstić information content (AvgIpc) is 1.99. The zero-order valence-corrected chi connectivity index (χ0v) is 11.6. The molecule has 1 aromatic heterocycles. The Kier molecular flexibility index (Phi) is 3.52. The third-order valence-corrected chi connectivity index (χ3v) is 6.90. The van der Waals surface area contributed by atoms with Gasteiger partial charge in [-0.1, -0.05) is 0 Å². The summed E-state index contributed by atoms with van der Waals surface area (Å²) in [6, 6.07) is 2.61. The number of aromatic nitrogens is 1. The summed E-state index contributed by atoms with van der Waals surface area (Å²) in [5, 5.41) is 0. The zero-order valence-electron chi connectivity index (χ0n) is 8.72. The second-order valence-corrected chi connectivity index (χ2v) is 18.5. The molecule has 0 fully saturated rings. The molecule has 0 saturated heterocycles. The number of hydrogen-bond donors (Lipinski definition) is 0. The predicted molar refractivity (Wildman–Crippen MR) is 53.9 cm³/mol. The minimum absolute atomic E-state index is 0.181. The summed E-state index contributed by atoms with van der Waals surface area (Å²) < 4.78 is 40.4. The molecule has 0 aliphatic carbocycles. The zero-order chi connectivity index (χ0) is 11.7. The molecule has 0 aliphatic rings. The molecular formula is C9H12F3NOSn. The topological polar surface area (TPSA) is 22.1 Å². The Balaban J connectivity index is 2.94. The Hall–Kier alpha value is -0.461. The van der Waals surface area contributed by atoms with Crippen LogP contribution in [-0.4, -0.2) is 29.7 Å². The summed E-state index contributed by atoms with van der Waals surface area (Å²) in [5.74, 6) is -0.181. The van der Waals surface area contributed by atoms with Crippen LogP contribution in [0.3, 0.4) is 0 Å². The maximum atomic E-state index is 11.9. The Morgan fingerprint density at radius 3 is 2.33 bits per heavy atom. The Morgan fingerprint density at radius 1 is 1.27 bits per heavy atom. The van der Waals surface area contributed by atoms with Crippen molar-refractivity contribution in [1.29, 1.82) is 0 Å². The number of hydrogen-bond acceptors (Lipinski definition) is 2. The van der Waals surface area contributed by atoms with Crippen molar-refractivity contribution >= 4 is 22.1 Å². The van der Waals surface area contributed by atoms with Crippen molar-refractivity contribution in [3.63, 3.8) is 0 Å². The van der Waals surface area contributed by atoms with Crippen molar-refractivity contribution in [1.82, 2.24) is 4.98 Å². The third-order valence-electron chi connectivity index (χ3n) is 1.73. The van der Waals surface area contributed by atoms with Crippen LogP contribution in [0.1, 0.15) is 0 Å². The van der Waals surface area contributed by atoms with Gasteiger partial charge < -0.3 is 0 Å². The second-order valence-electron chi connectivity index (χ2n) is 4.17. The maximum absolute atomic E-state index is 11.9. The number of nitrogens with zero attached hydrogens (tertiary/aromatic N) is 1. The second kappa shape index (κ2) is 4.19. The summed E-state index contributed by atoms with van der Waals surface area (Å²) in [6.45, 7) is 0. The van der Waals surface area contributed by atoms with Gasteiger partial charge in [0.2, 0.25) is 0 Å². The van der Waals surface area contributed by atoms with E-state index in [0.717, 1.165) is 3.71 Å². The fourth-order valence-electron chi connectivity index (χ4n) is 1.02. The number of rotatable bonds is 2. The van der Waals surface area contributed by atoms with E-state index >= 15 is 0 Å². The molecular weight excluding hydrogens is 314 g/mol. The van der Waals surface area contributed by atoms with Crippen molar-refractivity contribution in [3.8, 4) is 5.75 Å². The van der Waals surface area contributed by atoms with E-state index < -0.39 is 24.7 Å². The Bertz CT molecular complexity index is 346. The van der Waals surface area contributed by atoms with Gasteiger partial charge in [0.15, 0.2) is 0 Å². The number of ether oxygens (including phenoxy) is 1. The molecule has 6 heteroatoms. The molecule has 84 valence electrons. The standard InChI is InChI=1S/C6H3F3NO.3CH3.Sn/c7-6(8,9)11-5-1-3-10-4-2-5;;;;/h1-3H;3*1H3;. The minimum atomic E-state index is -4.63. The van der Waals surface area contributed by atoms with Crippen LogP contribution in [0.2, 0.25) is 14.8 Å². The summed E-state index contributed by atoms with van der Waals surface area (Å²) >= 11 is -2.41. The van der Waals surface area contributed by atoms with E-state index in [0.29, 0.717) is 0 Å². The van der Waals surface area contributed by atoms with Gasteiger partial charge in [-0.15, -0.1) is 0 Å². The molecule has 1 heterocycles. The molecule has 1 aromatic rings. The van der Waals surface area contributed by atoms with Crippen molar-refractivity contribution in [2.75, 3.05) is 0 Å². The SMILES string of the molecule is [CH3][Sn]([CH3])([CH3])[c]1cc(OC(F)(F)F)ccn1. The van der Waals surface area contributed by atoms with E-state index in [1.807, 2.05) is 0 Å². The molecule has 0 unspecified atom stereocenters. The molecule has 15 heavy (non-hydrogen) atoms. The Morgan fingerprint density at radius 2 is 1.87 bits per heavy atom. The fraction of sp³-hybridized carbons (Fsp3) is 0.444. The van der Waals surface area contributed by atoms with Crippen LogP contribution in [-0.2, 0) is 0 Å². The average molecular weight is 326 g/mol. The first kappa shape index (κ1) is 12.6. The molecule has 0 bridgehead atoms. The summed E-state index contributed by atoms with van der Waals surface area (Å²) in [5.41, 5.74) is 0. The van der Waals surface area contributed by atoms with Crippen molar-refractivity contribution in [2.24, 2.45) is 0 Å². The molecule has 2 nitrogen and oxygen atoms in total. The van der Waals surface area contributed by atoms with Gasteiger partial charge in [-0.3, -0.25) is 0 Å². The molecule has 0 spiro atoms. The van der Waals surface area contributed by atoms with E-state index in [1.54, 1.807) is 0 Å². The first-order valence-corrected chi connectivity index (χ1v) is 14.4. The van der Waals surface area contributed by atoms with Crippen LogP contribution >= 0.6 is 0 Å². The van der Waals surface area contributed by atoms with E-state index in [-0.39, 0.29) is 5.75 Å². The molecule has 0 saturated carbocycles. The molecule has 0 aliphatic heterocycles. The van der Waals surface area contributed by atoms with Gasteiger partial charge in [-0.2, -0.15) is 0 Å². The van der Waals surface area contributed by atoms with Gasteiger partial charge in [0.25, 0.3) is 0 Å². The van der Waals surface area contributed by atoms with E-state index in [1.165, 1.54) is 18.3 Å². The normalized spacial score (nSPS) is 12.7. The van der Waals surface area contributed by atoms with Crippen LogP contribution < -0.4 is 8.45 Å². The van der Waals surface area contributed by atoms with Gasteiger partial charge in [0.1, 0.15) is 0 Å². The van der Waals surface area contributed by atoms with E-state index in [9.17, 15) is 13.2 Å². The molecule has 0 amide bonds. The molecule has 0 atom stereocenters. The number of pyridine rings is 1.